The molecule has 33 heavy (non-hydrogen) atoms. The molecule has 0 heterocycles. The Balaban J connectivity index is 1.31. The van der Waals surface area contributed by atoms with Gasteiger partial charge in [-0.25, -0.2) is 0 Å². The van der Waals surface area contributed by atoms with E-state index in [1.54, 1.807) is 5.56 Å². The SMILES string of the molecule is c1ccc(-c2cccc3ccccc23)c(Nc2ccccc2C23CC4CC(CC(C4)C2)C3)c1. The van der Waals surface area contributed by atoms with E-state index >= 15 is 0 Å². The van der Waals surface area contributed by atoms with Crippen LogP contribution in [0.5, 0.6) is 0 Å². The van der Waals surface area contributed by atoms with Crippen molar-refractivity contribution in [2.24, 2.45) is 17.8 Å². The minimum atomic E-state index is 0.382. The highest BCUT2D eigenvalue weighted by atomic mass is 14.9. The molecule has 4 aliphatic carbocycles. The minimum Gasteiger partial charge on any atom is -0.355 e. The normalized spacial score (nSPS) is 27.7. The Labute approximate surface area is 196 Å². The third kappa shape index (κ3) is 3.21. The third-order valence-corrected chi connectivity index (χ3v) is 8.81. The lowest BCUT2D eigenvalue weighted by Gasteiger charge is -2.57. The van der Waals surface area contributed by atoms with Gasteiger partial charge >= 0.3 is 0 Å². The van der Waals surface area contributed by atoms with Gasteiger partial charge in [0.15, 0.2) is 0 Å². The molecular weight excluding hydrogens is 398 g/mol. The van der Waals surface area contributed by atoms with Crippen molar-refractivity contribution >= 4 is 22.1 Å². The first-order valence-corrected chi connectivity index (χ1v) is 12.7. The lowest BCUT2D eigenvalue weighted by molar-refractivity contribution is -0.00484. The molecule has 0 spiro atoms. The van der Waals surface area contributed by atoms with Gasteiger partial charge in [0.1, 0.15) is 0 Å². The van der Waals surface area contributed by atoms with Crippen LogP contribution in [0.2, 0.25) is 0 Å². The summed E-state index contributed by atoms with van der Waals surface area (Å²) in [7, 11) is 0. The molecule has 4 aliphatic rings. The van der Waals surface area contributed by atoms with Gasteiger partial charge in [-0.1, -0.05) is 78.9 Å². The summed E-state index contributed by atoms with van der Waals surface area (Å²) in [6.07, 6.45) is 8.63. The van der Waals surface area contributed by atoms with E-state index in [-0.39, 0.29) is 0 Å². The summed E-state index contributed by atoms with van der Waals surface area (Å²) in [5.74, 6) is 2.85. The number of rotatable bonds is 4. The molecule has 0 atom stereocenters. The molecule has 0 amide bonds. The zero-order chi connectivity index (χ0) is 21.8. The molecule has 164 valence electrons. The van der Waals surface area contributed by atoms with Crippen LogP contribution in [0, 0.1) is 17.8 Å². The predicted molar refractivity (Wildman–Crippen MR) is 139 cm³/mol. The third-order valence-electron chi connectivity index (χ3n) is 8.81. The highest BCUT2D eigenvalue weighted by molar-refractivity contribution is 6.00. The monoisotopic (exact) mass is 429 g/mol. The second-order valence-electron chi connectivity index (χ2n) is 10.9. The molecule has 0 radical (unpaired) electrons. The van der Waals surface area contributed by atoms with E-state index in [4.69, 9.17) is 0 Å². The number of hydrogen-bond acceptors (Lipinski definition) is 1. The van der Waals surface area contributed by atoms with Gasteiger partial charge in [-0.05, 0) is 95.7 Å². The van der Waals surface area contributed by atoms with Crippen molar-refractivity contribution < 1.29 is 0 Å². The summed E-state index contributed by atoms with van der Waals surface area (Å²) in [5.41, 5.74) is 7.03. The van der Waals surface area contributed by atoms with Crippen LogP contribution < -0.4 is 5.32 Å². The first-order chi connectivity index (χ1) is 16.3. The predicted octanol–water partition coefficient (Wildman–Crippen LogP) is 8.72. The van der Waals surface area contributed by atoms with Gasteiger partial charge in [-0.3, -0.25) is 0 Å². The zero-order valence-corrected chi connectivity index (χ0v) is 19.1. The first-order valence-electron chi connectivity index (χ1n) is 12.7. The molecule has 0 saturated heterocycles. The van der Waals surface area contributed by atoms with Crippen molar-refractivity contribution in [3.8, 4) is 11.1 Å². The number of hydrogen-bond donors (Lipinski definition) is 1. The molecule has 1 N–H and O–H groups in total. The Bertz CT molecular complexity index is 1290. The molecule has 4 aromatic carbocycles. The van der Waals surface area contributed by atoms with Gasteiger partial charge in [0.2, 0.25) is 0 Å². The van der Waals surface area contributed by atoms with Crippen LogP contribution >= 0.6 is 0 Å². The molecular formula is C32H31N. The largest absolute Gasteiger partial charge is 0.355 e. The van der Waals surface area contributed by atoms with E-state index in [0.717, 1.165) is 17.8 Å². The Morgan fingerprint density at radius 1 is 0.545 bits per heavy atom. The summed E-state index contributed by atoms with van der Waals surface area (Å²) in [6, 6.07) is 33.4. The zero-order valence-electron chi connectivity index (χ0n) is 19.1. The maximum Gasteiger partial charge on any atom is 0.0464 e. The van der Waals surface area contributed by atoms with Crippen molar-refractivity contribution in [1.82, 2.24) is 0 Å². The summed E-state index contributed by atoms with van der Waals surface area (Å²) in [6.45, 7) is 0. The number of anilines is 2. The van der Waals surface area contributed by atoms with Gasteiger partial charge in [0.05, 0.1) is 0 Å². The van der Waals surface area contributed by atoms with E-state index in [2.05, 4.69) is 96.3 Å². The average molecular weight is 430 g/mol. The molecule has 1 heteroatoms. The minimum absolute atomic E-state index is 0.382. The van der Waals surface area contributed by atoms with Crippen molar-refractivity contribution in [3.63, 3.8) is 0 Å². The summed E-state index contributed by atoms with van der Waals surface area (Å²) in [4.78, 5) is 0. The van der Waals surface area contributed by atoms with Gasteiger partial charge in [0, 0.05) is 16.9 Å². The average Bonchev–Trinajstić information content (AvgIpc) is 2.84. The van der Waals surface area contributed by atoms with E-state index in [1.165, 1.54) is 71.8 Å². The molecule has 0 aliphatic heterocycles. The van der Waals surface area contributed by atoms with E-state index < -0.39 is 0 Å². The lowest BCUT2D eigenvalue weighted by Crippen LogP contribution is -2.48. The number of nitrogens with one attached hydrogen (secondary N) is 1. The van der Waals surface area contributed by atoms with Crippen molar-refractivity contribution in [2.45, 2.75) is 43.9 Å². The summed E-state index contributed by atoms with van der Waals surface area (Å²) >= 11 is 0. The van der Waals surface area contributed by atoms with Crippen LogP contribution in [0.3, 0.4) is 0 Å². The number of fused-ring (bicyclic) bond motifs is 1. The van der Waals surface area contributed by atoms with Crippen LogP contribution in [0.15, 0.2) is 91.0 Å². The van der Waals surface area contributed by atoms with Crippen LogP contribution in [-0.4, -0.2) is 0 Å². The van der Waals surface area contributed by atoms with Crippen LogP contribution in [-0.2, 0) is 5.41 Å². The molecule has 4 fully saturated rings. The molecule has 1 nitrogen and oxygen atoms in total. The molecule has 4 aromatic rings. The van der Waals surface area contributed by atoms with E-state index in [9.17, 15) is 0 Å². The summed E-state index contributed by atoms with van der Waals surface area (Å²) < 4.78 is 0. The lowest BCUT2D eigenvalue weighted by atomic mass is 9.48. The number of para-hydroxylation sites is 2. The number of benzene rings is 4. The standard InChI is InChI=1S/C32H31N/c1-2-10-26-25(8-1)9-7-12-27(26)28-11-3-5-14-30(28)33-31-15-6-4-13-29(31)32-19-22-16-23(20-32)18-24(17-22)21-32/h1-15,22-24,33H,16-21H2. The van der Waals surface area contributed by atoms with E-state index in [0.29, 0.717) is 5.41 Å². The quantitative estimate of drug-likeness (QED) is 0.342. The first kappa shape index (κ1) is 19.4. The van der Waals surface area contributed by atoms with Crippen LogP contribution in [0.25, 0.3) is 21.9 Å². The second-order valence-corrected chi connectivity index (χ2v) is 10.9. The van der Waals surface area contributed by atoms with Crippen molar-refractivity contribution in [1.29, 1.82) is 0 Å². The molecule has 0 aromatic heterocycles. The van der Waals surface area contributed by atoms with E-state index in [1.807, 2.05) is 0 Å². The van der Waals surface area contributed by atoms with Crippen molar-refractivity contribution in [3.05, 3.63) is 96.6 Å². The Kier molecular flexibility index (Phi) is 4.40. The maximum atomic E-state index is 3.93. The topological polar surface area (TPSA) is 12.0 Å². The molecule has 0 unspecified atom stereocenters. The molecule has 4 bridgehead atoms. The Morgan fingerprint density at radius 2 is 1.12 bits per heavy atom. The van der Waals surface area contributed by atoms with Gasteiger partial charge in [-0.15, -0.1) is 0 Å². The van der Waals surface area contributed by atoms with Gasteiger partial charge < -0.3 is 5.32 Å². The van der Waals surface area contributed by atoms with Gasteiger partial charge in [0.25, 0.3) is 0 Å². The summed E-state index contributed by atoms with van der Waals surface area (Å²) in [5, 5.41) is 6.53. The maximum absolute atomic E-state index is 3.93. The fraction of sp³-hybridized carbons (Fsp3) is 0.312. The smallest absolute Gasteiger partial charge is 0.0464 e. The fourth-order valence-electron chi connectivity index (χ4n) is 7.93. The fourth-order valence-corrected chi connectivity index (χ4v) is 7.93. The van der Waals surface area contributed by atoms with Crippen LogP contribution in [0.1, 0.15) is 44.1 Å². The Morgan fingerprint density at radius 3 is 1.91 bits per heavy atom. The highest BCUT2D eigenvalue weighted by Crippen LogP contribution is 2.61. The van der Waals surface area contributed by atoms with Gasteiger partial charge in [-0.2, -0.15) is 0 Å². The van der Waals surface area contributed by atoms with Crippen LogP contribution in [0.4, 0.5) is 11.4 Å². The Hall–Kier alpha value is -3.06. The second kappa shape index (κ2) is 7.48. The molecule has 4 saturated carbocycles. The molecule has 8 rings (SSSR count). The highest BCUT2D eigenvalue weighted by Gasteiger charge is 2.52. The van der Waals surface area contributed by atoms with Crippen molar-refractivity contribution in [2.75, 3.05) is 5.32 Å².